The van der Waals surface area contributed by atoms with Gasteiger partial charge in [0.1, 0.15) is 0 Å². The fraction of sp³-hybridized carbons (Fsp3) is 0. The van der Waals surface area contributed by atoms with Gasteiger partial charge in [-0.3, -0.25) is 0 Å². The third-order valence-corrected chi connectivity index (χ3v) is 6.75. The zero-order valence-corrected chi connectivity index (χ0v) is 10.6. The Kier molecular flexibility index (Phi) is 28.8. The molecule has 0 aliphatic heterocycles. The SMILES string of the molecule is PPPP.[Cl][Pd][Cl]. The van der Waals surface area contributed by atoms with Crippen LogP contribution in [-0.4, -0.2) is 0 Å². The van der Waals surface area contributed by atoms with Crippen LogP contribution in [0.2, 0.25) is 0 Å². The van der Waals surface area contributed by atoms with Crippen LogP contribution in [0.3, 0.4) is 0 Å². The quantitative estimate of drug-likeness (QED) is 0.515. The molecule has 0 fully saturated rings. The van der Waals surface area contributed by atoms with Crippen LogP contribution in [0.25, 0.3) is 0 Å². The fourth-order valence-corrected chi connectivity index (χ4v) is 0. The van der Waals surface area contributed by atoms with Crippen molar-refractivity contribution in [3.63, 3.8) is 0 Å². The predicted octanol–water partition coefficient (Wildman–Crippen LogP) is 3.22. The van der Waals surface area contributed by atoms with E-state index in [1.165, 1.54) is 0 Å². The van der Waals surface area contributed by atoms with Gasteiger partial charge in [0, 0.05) is 0 Å². The van der Waals surface area contributed by atoms with Gasteiger partial charge in [0.25, 0.3) is 0 Å². The number of hydrogen-bond acceptors (Lipinski definition) is 0. The summed E-state index contributed by atoms with van der Waals surface area (Å²) >= 11 is -0.106. The molecule has 0 saturated carbocycles. The molecule has 0 amide bonds. The summed E-state index contributed by atoms with van der Waals surface area (Å²) < 4.78 is 0. The second-order valence-corrected chi connectivity index (χ2v) is 10.2. The van der Waals surface area contributed by atoms with Crippen LogP contribution in [0, 0.1) is 0 Å². The van der Waals surface area contributed by atoms with Crippen LogP contribution in [0.1, 0.15) is 0 Å². The summed E-state index contributed by atoms with van der Waals surface area (Å²) in [6, 6.07) is 0. The summed E-state index contributed by atoms with van der Waals surface area (Å²) in [6.07, 6.45) is 0. The maximum absolute atomic E-state index is 4.81. The zero-order chi connectivity index (χ0) is 6.12. The Morgan fingerprint density at radius 2 is 1.29 bits per heavy atom. The average molecular weight is 307 g/mol. The van der Waals surface area contributed by atoms with Crippen LogP contribution < -0.4 is 0 Å². The summed E-state index contributed by atoms with van der Waals surface area (Å²) in [5.74, 6) is 0. The number of hydrogen-bond donors (Lipinski definition) is 0. The van der Waals surface area contributed by atoms with E-state index in [0.717, 1.165) is 15.9 Å². The summed E-state index contributed by atoms with van der Waals surface area (Å²) in [5.41, 5.74) is 0. The molecule has 4 atom stereocenters. The average Bonchev–Trinajstić information content (AvgIpc) is 1.69. The van der Waals surface area contributed by atoms with E-state index in [0.29, 0.717) is 0 Å². The molecule has 0 rings (SSSR count). The van der Waals surface area contributed by atoms with Crippen molar-refractivity contribution in [2.24, 2.45) is 0 Å². The van der Waals surface area contributed by atoms with Crippen molar-refractivity contribution in [1.29, 1.82) is 0 Å². The standard InChI is InChI=1S/2ClH.H6P4.Pd/c;;1-3-4-2;/h2*1H;3-4H,1-2H2;/q;;;+2/p-2. The van der Waals surface area contributed by atoms with Crippen molar-refractivity contribution in [2.75, 3.05) is 0 Å². The third-order valence-electron chi connectivity index (χ3n) is 0.0833. The molecular formula is H6Cl2P4Pd. The van der Waals surface area contributed by atoms with Crippen molar-refractivity contribution in [2.45, 2.75) is 0 Å². The third kappa shape index (κ3) is 27.7. The first kappa shape index (κ1) is 12.6. The molecule has 0 N–H and O–H groups in total. The summed E-state index contributed by atoms with van der Waals surface area (Å²) in [5, 5.41) is 0. The van der Waals surface area contributed by atoms with E-state index >= 15 is 0 Å². The minimum atomic E-state index is -0.106. The molecule has 7 heteroatoms. The Labute approximate surface area is 68.4 Å². The predicted molar refractivity (Wildman–Crippen MR) is 47.8 cm³/mol. The monoisotopic (exact) mass is 306 g/mol. The van der Waals surface area contributed by atoms with E-state index in [2.05, 4.69) is 17.9 Å². The molecule has 0 radical (unpaired) electrons. The van der Waals surface area contributed by atoms with Crippen molar-refractivity contribution in [3.8, 4) is 0 Å². The Morgan fingerprint density at radius 3 is 1.29 bits per heavy atom. The Bertz CT molecular complexity index is 17.2. The molecule has 0 aliphatic carbocycles. The van der Waals surface area contributed by atoms with Crippen molar-refractivity contribution >= 4 is 52.8 Å². The molecular weight excluding hydrogens is 301 g/mol. The molecule has 0 aromatic rings. The van der Waals surface area contributed by atoms with Crippen LogP contribution in [0.15, 0.2) is 0 Å². The van der Waals surface area contributed by atoms with E-state index < -0.39 is 0 Å². The Morgan fingerprint density at radius 1 is 1.14 bits per heavy atom. The number of rotatable bonds is 1. The van der Waals surface area contributed by atoms with Crippen LogP contribution >= 0.6 is 52.8 Å². The normalized spacial score (nSPS) is 10.9. The first-order chi connectivity index (χ1) is 3.33. The van der Waals surface area contributed by atoms with Crippen molar-refractivity contribution in [1.82, 2.24) is 0 Å². The van der Waals surface area contributed by atoms with Gasteiger partial charge in [-0.15, -0.1) is 17.9 Å². The first-order valence-electron chi connectivity index (χ1n) is 1.07. The molecule has 0 aromatic heterocycles. The topological polar surface area (TPSA) is 0 Å². The van der Waals surface area contributed by atoms with Crippen molar-refractivity contribution in [3.05, 3.63) is 0 Å². The molecule has 50 valence electrons. The van der Waals surface area contributed by atoms with Crippen molar-refractivity contribution < 1.29 is 15.9 Å². The molecule has 0 aliphatic rings. The maximum atomic E-state index is 4.81. The van der Waals surface area contributed by atoms with Gasteiger partial charge < -0.3 is 0 Å². The summed E-state index contributed by atoms with van der Waals surface area (Å²) in [4.78, 5) is 0. The molecule has 7 heavy (non-hydrogen) atoms. The fourth-order valence-electron chi connectivity index (χ4n) is 0. The van der Waals surface area contributed by atoms with Gasteiger partial charge in [0.05, 0.1) is 0 Å². The van der Waals surface area contributed by atoms with Crippen LogP contribution in [-0.2, 0) is 15.9 Å². The first-order valence-corrected chi connectivity index (χ1v) is 11.7. The molecule has 0 aromatic carbocycles. The molecule has 4 unspecified atom stereocenters. The second-order valence-electron chi connectivity index (χ2n) is 0.334. The van der Waals surface area contributed by atoms with Gasteiger partial charge in [0.15, 0.2) is 0 Å². The second kappa shape index (κ2) is 16.0. The van der Waals surface area contributed by atoms with E-state index in [1.54, 1.807) is 0 Å². The summed E-state index contributed by atoms with van der Waals surface area (Å²) in [7, 11) is 17.1. The van der Waals surface area contributed by atoms with Gasteiger partial charge in [-0.05, 0) is 0 Å². The molecule has 0 heterocycles. The van der Waals surface area contributed by atoms with Gasteiger partial charge in [0.2, 0.25) is 0 Å². The van der Waals surface area contributed by atoms with E-state index in [-0.39, 0.29) is 15.9 Å². The van der Waals surface area contributed by atoms with E-state index in [9.17, 15) is 0 Å². The minimum absolute atomic E-state index is 0.106. The van der Waals surface area contributed by atoms with Crippen LogP contribution in [0.4, 0.5) is 0 Å². The molecule has 0 spiro atoms. The zero-order valence-electron chi connectivity index (χ0n) is 3.23. The molecule has 0 nitrogen and oxygen atoms in total. The van der Waals surface area contributed by atoms with Gasteiger partial charge in [-0.2, -0.15) is 0 Å². The number of halogens is 2. The van der Waals surface area contributed by atoms with Gasteiger partial charge in [-0.25, -0.2) is 0 Å². The Hall–Kier alpha value is 2.96. The summed E-state index contributed by atoms with van der Waals surface area (Å²) in [6.45, 7) is 0. The molecule has 0 saturated heterocycles. The van der Waals surface area contributed by atoms with Gasteiger partial charge >= 0.3 is 35.0 Å². The van der Waals surface area contributed by atoms with E-state index in [4.69, 9.17) is 19.1 Å². The van der Waals surface area contributed by atoms with Gasteiger partial charge in [-0.1, -0.05) is 15.9 Å². The molecule has 0 bridgehead atoms. The van der Waals surface area contributed by atoms with Crippen LogP contribution in [0.5, 0.6) is 0 Å². The Balaban J connectivity index is 0. The van der Waals surface area contributed by atoms with E-state index in [1.807, 2.05) is 0 Å².